The van der Waals surface area contributed by atoms with Gasteiger partial charge in [0.25, 0.3) is 0 Å². The van der Waals surface area contributed by atoms with Gasteiger partial charge in [0, 0.05) is 22.2 Å². The van der Waals surface area contributed by atoms with Gasteiger partial charge in [-0.15, -0.1) is 11.8 Å². The Morgan fingerprint density at radius 3 is 2.72 bits per heavy atom. The summed E-state index contributed by atoms with van der Waals surface area (Å²) in [4.78, 5) is 1.50. The van der Waals surface area contributed by atoms with Crippen molar-refractivity contribution in [2.75, 3.05) is 0 Å². The molecule has 2 aliphatic rings. The Bertz CT molecular complexity index is 437. The first kappa shape index (κ1) is 12.6. The van der Waals surface area contributed by atoms with Gasteiger partial charge in [0.2, 0.25) is 0 Å². The second-order valence-electron chi connectivity index (χ2n) is 6.11. The van der Waals surface area contributed by atoms with Gasteiger partial charge in [0.05, 0.1) is 0 Å². The molecule has 0 amide bonds. The summed E-state index contributed by atoms with van der Waals surface area (Å²) >= 11 is 2.04. The third-order valence-corrected chi connectivity index (χ3v) is 5.21. The van der Waals surface area contributed by atoms with Gasteiger partial charge in [-0.1, -0.05) is 32.9 Å². The molecule has 0 radical (unpaired) electrons. The molecule has 1 fully saturated rings. The SMILES string of the molecule is CC1CC(NC2CC2)c2cc(C(C)C)ccc2S1. The summed E-state index contributed by atoms with van der Waals surface area (Å²) in [5.74, 6) is 0.626. The predicted octanol–water partition coefficient (Wildman–Crippen LogP) is 4.49. The molecule has 1 aromatic carbocycles. The van der Waals surface area contributed by atoms with E-state index in [1.807, 2.05) is 11.8 Å². The largest absolute Gasteiger partial charge is 0.307 e. The first-order chi connectivity index (χ1) is 8.63. The first-order valence-corrected chi connectivity index (χ1v) is 8.08. The molecule has 1 saturated carbocycles. The van der Waals surface area contributed by atoms with Crippen molar-refractivity contribution in [3.63, 3.8) is 0 Å². The zero-order chi connectivity index (χ0) is 12.7. The second-order valence-corrected chi connectivity index (χ2v) is 7.59. The summed E-state index contributed by atoms with van der Waals surface area (Å²) in [5, 5.41) is 4.57. The highest BCUT2D eigenvalue weighted by Crippen LogP contribution is 2.42. The van der Waals surface area contributed by atoms with Crippen molar-refractivity contribution in [3.05, 3.63) is 29.3 Å². The van der Waals surface area contributed by atoms with Crippen molar-refractivity contribution < 1.29 is 0 Å². The number of hydrogen-bond donors (Lipinski definition) is 1. The van der Waals surface area contributed by atoms with Crippen LogP contribution in [-0.4, -0.2) is 11.3 Å². The van der Waals surface area contributed by atoms with Crippen molar-refractivity contribution in [1.82, 2.24) is 5.32 Å². The lowest BCUT2D eigenvalue weighted by Crippen LogP contribution is -2.28. The van der Waals surface area contributed by atoms with Crippen molar-refractivity contribution in [2.45, 2.75) is 68.2 Å². The van der Waals surface area contributed by atoms with Crippen LogP contribution in [0.5, 0.6) is 0 Å². The van der Waals surface area contributed by atoms with Crippen LogP contribution in [-0.2, 0) is 0 Å². The maximum absolute atomic E-state index is 3.83. The van der Waals surface area contributed by atoms with Gasteiger partial charge in [-0.3, -0.25) is 0 Å². The van der Waals surface area contributed by atoms with E-state index in [-0.39, 0.29) is 0 Å². The zero-order valence-electron chi connectivity index (χ0n) is 11.6. The van der Waals surface area contributed by atoms with Crippen LogP contribution in [0.25, 0.3) is 0 Å². The number of benzene rings is 1. The number of nitrogens with one attached hydrogen (secondary N) is 1. The fraction of sp³-hybridized carbons (Fsp3) is 0.625. The lowest BCUT2D eigenvalue weighted by Gasteiger charge is -2.31. The molecular formula is C16H23NS. The Morgan fingerprint density at radius 1 is 1.28 bits per heavy atom. The maximum Gasteiger partial charge on any atom is 0.0344 e. The van der Waals surface area contributed by atoms with Gasteiger partial charge in [0.1, 0.15) is 0 Å². The number of hydrogen-bond acceptors (Lipinski definition) is 2. The molecular weight excluding hydrogens is 238 g/mol. The normalized spacial score (nSPS) is 27.3. The fourth-order valence-corrected chi connectivity index (χ4v) is 3.93. The summed E-state index contributed by atoms with van der Waals surface area (Å²) in [5.41, 5.74) is 3.03. The van der Waals surface area contributed by atoms with E-state index in [1.54, 1.807) is 5.56 Å². The summed E-state index contributed by atoms with van der Waals surface area (Å²) in [6.45, 7) is 6.92. The molecule has 3 rings (SSSR count). The van der Waals surface area contributed by atoms with Crippen molar-refractivity contribution in [1.29, 1.82) is 0 Å². The van der Waals surface area contributed by atoms with Gasteiger partial charge in [-0.25, -0.2) is 0 Å². The van der Waals surface area contributed by atoms with Crippen LogP contribution in [0, 0.1) is 0 Å². The van der Waals surface area contributed by atoms with Crippen LogP contribution >= 0.6 is 11.8 Å². The minimum absolute atomic E-state index is 0.586. The Morgan fingerprint density at radius 2 is 2.06 bits per heavy atom. The summed E-state index contributed by atoms with van der Waals surface area (Å²) in [7, 11) is 0. The zero-order valence-corrected chi connectivity index (χ0v) is 12.4. The lowest BCUT2D eigenvalue weighted by atomic mass is 9.95. The minimum atomic E-state index is 0.586. The van der Waals surface area contributed by atoms with E-state index in [4.69, 9.17) is 0 Å². The number of fused-ring (bicyclic) bond motifs is 1. The van der Waals surface area contributed by atoms with Crippen LogP contribution in [0.1, 0.15) is 63.1 Å². The van der Waals surface area contributed by atoms with Crippen LogP contribution < -0.4 is 5.32 Å². The highest BCUT2D eigenvalue weighted by atomic mass is 32.2. The molecule has 1 aliphatic heterocycles. The van der Waals surface area contributed by atoms with Gasteiger partial charge in [0.15, 0.2) is 0 Å². The van der Waals surface area contributed by atoms with Crippen molar-refractivity contribution >= 4 is 11.8 Å². The first-order valence-electron chi connectivity index (χ1n) is 7.20. The predicted molar refractivity (Wildman–Crippen MR) is 79.4 cm³/mol. The third kappa shape index (κ3) is 2.60. The van der Waals surface area contributed by atoms with E-state index in [1.165, 1.54) is 29.7 Å². The lowest BCUT2D eigenvalue weighted by molar-refractivity contribution is 0.482. The molecule has 98 valence electrons. The van der Waals surface area contributed by atoms with E-state index in [0.29, 0.717) is 12.0 Å². The average molecular weight is 261 g/mol. The molecule has 1 nitrogen and oxygen atoms in total. The molecule has 0 bridgehead atoms. The van der Waals surface area contributed by atoms with Crippen LogP contribution in [0.2, 0.25) is 0 Å². The highest BCUT2D eigenvalue weighted by molar-refractivity contribution is 8.00. The molecule has 18 heavy (non-hydrogen) atoms. The van der Waals surface area contributed by atoms with Gasteiger partial charge < -0.3 is 5.32 Å². The monoisotopic (exact) mass is 261 g/mol. The summed E-state index contributed by atoms with van der Waals surface area (Å²) in [6, 6.07) is 8.47. The van der Waals surface area contributed by atoms with Crippen LogP contribution in [0.15, 0.2) is 23.1 Å². The minimum Gasteiger partial charge on any atom is -0.307 e. The topological polar surface area (TPSA) is 12.0 Å². The van der Waals surface area contributed by atoms with E-state index >= 15 is 0 Å². The van der Waals surface area contributed by atoms with Crippen molar-refractivity contribution in [2.24, 2.45) is 0 Å². The molecule has 2 heteroatoms. The van der Waals surface area contributed by atoms with E-state index in [2.05, 4.69) is 44.3 Å². The molecule has 1 N–H and O–H groups in total. The Hall–Kier alpha value is -0.470. The Kier molecular flexibility index (Phi) is 3.42. The number of thioether (sulfide) groups is 1. The molecule has 0 spiro atoms. The highest BCUT2D eigenvalue weighted by Gasteiger charge is 2.30. The van der Waals surface area contributed by atoms with Crippen molar-refractivity contribution in [3.8, 4) is 0 Å². The van der Waals surface area contributed by atoms with Gasteiger partial charge in [-0.05, 0) is 42.4 Å². The molecule has 0 saturated heterocycles. The average Bonchev–Trinajstić information content (AvgIpc) is 3.12. The standard InChI is InChI=1S/C16H23NS/c1-10(2)12-4-7-16-14(9-12)15(8-11(3)18-16)17-13-5-6-13/h4,7,9-11,13,15,17H,5-6,8H2,1-3H3. The number of rotatable bonds is 3. The Balaban J connectivity index is 1.91. The van der Waals surface area contributed by atoms with E-state index in [0.717, 1.165) is 11.3 Å². The van der Waals surface area contributed by atoms with Crippen LogP contribution in [0.3, 0.4) is 0 Å². The second kappa shape index (κ2) is 4.90. The van der Waals surface area contributed by atoms with E-state index < -0.39 is 0 Å². The molecule has 2 atom stereocenters. The molecule has 0 aromatic heterocycles. The summed E-state index contributed by atoms with van der Waals surface area (Å²) in [6.07, 6.45) is 4.02. The van der Waals surface area contributed by atoms with E-state index in [9.17, 15) is 0 Å². The smallest absolute Gasteiger partial charge is 0.0344 e. The molecule has 1 aliphatic carbocycles. The maximum atomic E-state index is 3.83. The summed E-state index contributed by atoms with van der Waals surface area (Å²) < 4.78 is 0. The van der Waals surface area contributed by atoms with Crippen LogP contribution in [0.4, 0.5) is 0 Å². The molecule has 1 aromatic rings. The third-order valence-electron chi connectivity index (χ3n) is 3.99. The molecule has 2 unspecified atom stereocenters. The molecule has 1 heterocycles. The fourth-order valence-electron chi connectivity index (χ4n) is 2.72. The quantitative estimate of drug-likeness (QED) is 0.860. The van der Waals surface area contributed by atoms with Gasteiger partial charge in [-0.2, -0.15) is 0 Å². The Labute approximate surface area is 115 Å². The van der Waals surface area contributed by atoms with Gasteiger partial charge >= 0.3 is 0 Å².